The lowest BCUT2D eigenvalue weighted by Crippen LogP contribution is -2.17. The van der Waals surface area contributed by atoms with Crippen molar-refractivity contribution in [2.45, 2.75) is 25.2 Å². The van der Waals surface area contributed by atoms with Gasteiger partial charge >= 0.3 is 14.0 Å². The van der Waals surface area contributed by atoms with E-state index in [1.54, 1.807) is 13.8 Å². The van der Waals surface area contributed by atoms with Crippen LogP contribution in [-0.4, -0.2) is 40.1 Å². The third-order valence-electron chi connectivity index (χ3n) is 4.48. The molecule has 1 aromatic heterocycles. The average Bonchev–Trinajstić information content (AvgIpc) is 3.32. The summed E-state index contributed by atoms with van der Waals surface area (Å²) >= 11 is 0.931. The van der Waals surface area contributed by atoms with Gasteiger partial charge < -0.3 is 18.5 Å². The van der Waals surface area contributed by atoms with E-state index < -0.39 is 29.7 Å². The Balaban J connectivity index is 1.81. The van der Waals surface area contributed by atoms with Crippen molar-refractivity contribution < 1.29 is 44.7 Å². The number of nitrogens with zero attached hydrogens (tertiary/aromatic N) is 1. The molecule has 0 saturated carbocycles. The minimum absolute atomic E-state index is 0.0536. The van der Waals surface area contributed by atoms with E-state index in [9.17, 15) is 26.2 Å². The van der Waals surface area contributed by atoms with Crippen molar-refractivity contribution in [2.24, 2.45) is 0 Å². The number of anilines is 1. The quantitative estimate of drug-likeness (QED) is 0.255. The van der Waals surface area contributed by atoms with E-state index in [0.29, 0.717) is 0 Å². The molecule has 0 amide bonds. The van der Waals surface area contributed by atoms with Crippen LogP contribution in [0.1, 0.15) is 24.4 Å². The van der Waals surface area contributed by atoms with Crippen molar-refractivity contribution in [3.8, 4) is 23.3 Å². The highest BCUT2D eigenvalue weighted by Gasteiger charge is 2.31. The van der Waals surface area contributed by atoms with E-state index in [4.69, 9.17) is 13.8 Å². The molecule has 3 aromatic rings. The van der Waals surface area contributed by atoms with E-state index >= 15 is 0 Å². The van der Waals surface area contributed by atoms with Crippen molar-refractivity contribution in [3.05, 3.63) is 58.4 Å². The Hall–Kier alpha value is -3.08. The van der Waals surface area contributed by atoms with Crippen molar-refractivity contribution in [1.29, 1.82) is 0 Å². The van der Waals surface area contributed by atoms with E-state index in [0.717, 1.165) is 23.5 Å². The van der Waals surface area contributed by atoms with Crippen molar-refractivity contribution in [3.63, 3.8) is 0 Å². The summed E-state index contributed by atoms with van der Waals surface area (Å²) in [7, 11) is -6.50. The number of aromatic nitrogens is 1. The van der Waals surface area contributed by atoms with Gasteiger partial charge in [-0.25, -0.2) is 4.98 Å². The van der Waals surface area contributed by atoms with Gasteiger partial charge in [0, 0.05) is 10.9 Å². The lowest BCUT2D eigenvalue weighted by atomic mass is 10.2. The minimum atomic E-state index is -4.84. The van der Waals surface area contributed by atoms with Crippen LogP contribution in [0.15, 0.2) is 52.9 Å². The van der Waals surface area contributed by atoms with Crippen LogP contribution < -0.4 is 19.5 Å². The molecular formula is C23H22F3N2O7PS2. The highest BCUT2D eigenvalue weighted by molar-refractivity contribution is 7.92. The van der Waals surface area contributed by atoms with Crippen LogP contribution in [-0.2, 0) is 23.6 Å². The summed E-state index contributed by atoms with van der Waals surface area (Å²) < 4.78 is 98.2. The summed E-state index contributed by atoms with van der Waals surface area (Å²) in [5, 5.41) is 1.23. The molecule has 0 radical (unpaired) electrons. The lowest BCUT2D eigenvalue weighted by Gasteiger charge is -2.19. The van der Waals surface area contributed by atoms with Crippen LogP contribution in [0.3, 0.4) is 0 Å². The van der Waals surface area contributed by atoms with Crippen LogP contribution >= 0.6 is 18.9 Å². The second-order valence-corrected chi connectivity index (χ2v) is 11.7. The van der Waals surface area contributed by atoms with Gasteiger partial charge in [-0.15, -0.1) is 24.5 Å². The molecule has 15 heteroatoms. The molecule has 0 aliphatic rings. The molecular weight excluding hydrogens is 568 g/mol. The first-order chi connectivity index (χ1) is 17.9. The molecule has 204 valence electrons. The summed E-state index contributed by atoms with van der Waals surface area (Å²) in [6.45, 7) is 3.60. The molecule has 2 aromatic carbocycles. The molecule has 0 unspecified atom stereocenters. The molecule has 3 rings (SSSR count). The van der Waals surface area contributed by atoms with Crippen LogP contribution in [0.2, 0.25) is 0 Å². The molecule has 1 N–H and O–H groups in total. The number of methoxy groups -OCH3 is 1. The Labute approximate surface area is 221 Å². The predicted molar refractivity (Wildman–Crippen MR) is 136 cm³/mol. The van der Waals surface area contributed by atoms with Crippen LogP contribution in [0.4, 0.5) is 18.9 Å². The number of ether oxygens (including phenoxy) is 2. The zero-order valence-corrected chi connectivity index (χ0v) is 22.8. The van der Waals surface area contributed by atoms with Crippen LogP contribution in [0, 0.1) is 11.8 Å². The van der Waals surface area contributed by atoms with Crippen molar-refractivity contribution in [2.75, 3.05) is 25.0 Å². The number of halogens is 3. The second kappa shape index (κ2) is 12.2. The maximum Gasteiger partial charge on any atom is 0.573 e. The maximum absolute atomic E-state index is 13.0. The van der Waals surface area contributed by atoms with Gasteiger partial charge in [-0.1, -0.05) is 12.0 Å². The normalized spacial score (nSPS) is 11.9. The number of benzene rings is 2. The predicted octanol–water partition coefficient (Wildman–Crippen LogP) is 5.14. The first-order valence-electron chi connectivity index (χ1n) is 10.8. The van der Waals surface area contributed by atoms with Gasteiger partial charge in [0.25, 0.3) is 10.0 Å². The summed E-state index contributed by atoms with van der Waals surface area (Å²) in [6, 6.07) is 9.16. The number of hydrogen-bond donors (Lipinski definition) is 1. The first-order valence-corrected chi connectivity index (χ1v) is 14.7. The third-order valence-corrected chi connectivity index (χ3v) is 8.75. The Morgan fingerprint density at radius 2 is 1.79 bits per heavy atom. The monoisotopic (exact) mass is 590 g/mol. The van der Waals surface area contributed by atoms with E-state index in [1.165, 1.54) is 42.8 Å². The molecule has 0 atom stereocenters. The fraction of sp³-hybridized carbons (Fsp3) is 0.261. The van der Waals surface area contributed by atoms with Crippen molar-refractivity contribution in [1.82, 2.24) is 4.98 Å². The third kappa shape index (κ3) is 7.72. The second-order valence-electron chi connectivity index (χ2n) is 7.14. The standard InChI is InChI=1S/C23H22F3N2O7PS2/c1-4-33-36(29,34-5-2)18-10-11-19(20(14-18)32-3)28-38(30,31)22-15-37-21(27-22)12-9-16-7-6-8-17(13-16)35-23(24,25)26/h6-8,10-11,13-15,28H,4-5H2,1-3H3. The molecule has 0 aliphatic carbocycles. The van der Waals surface area contributed by atoms with E-state index in [-0.39, 0.29) is 45.6 Å². The zero-order chi connectivity index (χ0) is 28.0. The smallest absolute Gasteiger partial charge is 0.495 e. The Morgan fingerprint density at radius 3 is 2.42 bits per heavy atom. The number of nitrogens with one attached hydrogen (secondary N) is 1. The van der Waals surface area contributed by atoms with Crippen molar-refractivity contribution >= 4 is 39.9 Å². The number of sulfonamides is 1. The molecule has 0 spiro atoms. The van der Waals surface area contributed by atoms with Crippen LogP contribution in [0.5, 0.6) is 11.5 Å². The molecule has 0 fully saturated rings. The molecule has 38 heavy (non-hydrogen) atoms. The summed E-state index contributed by atoms with van der Waals surface area (Å²) in [4.78, 5) is 3.99. The maximum atomic E-state index is 13.0. The number of rotatable bonds is 10. The van der Waals surface area contributed by atoms with Gasteiger partial charge in [0.2, 0.25) is 0 Å². The topological polar surface area (TPSA) is 113 Å². The Kier molecular flexibility index (Phi) is 9.45. The summed E-state index contributed by atoms with van der Waals surface area (Å²) in [6.07, 6.45) is -4.84. The molecule has 9 nitrogen and oxygen atoms in total. The minimum Gasteiger partial charge on any atom is -0.495 e. The Bertz CT molecular complexity index is 1490. The highest BCUT2D eigenvalue weighted by Crippen LogP contribution is 2.48. The molecule has 1 heterocycles. The summed E-state index contributed by atoms with van der Waals surface area (Å²) in [5.74, 6) is 4.88. The van der Waals surface area contributed by atoms with E-state index in [1.807, 2.05) is 0 Å². The SMILES string of the molecule is CCOP(=O)(OCC)c1ccc(NS(=O)(=O)c2csc(C#Cc3cccc(OC(F)(F)F)c3)n2)c(OC)c1. The van der Waals surface area contributed by atoms with Gasteiger partial charge in [-0.2, -0.15) is 8.42 Å². The number of thiazole rings is 1. The summed E-state index contributed by atoms with van der Waals surface area (Å²) in [5.41, 5.74) is 0.267. The fourth-order valence-electron chi connectivity index (χ4n) is 2.99. The number of hydrogen-bond acceptors (Lipinski definition) is 9. The van der Waals surface area contributed by atoms with Gasteiger partial charge in [0.15, 0.2) is 10.0 Å². The first kappa shape index (κ1) is 29.5. The van der Waals surface area contributed by atoms with Gasteiger partial charge in [-0.05, 0) is 56.2 Å². The molecule has 0 saturated heterocycles. The average molecular weight is 591 g/mol. The molecule has 0 aliphatic heterocycles. The van der Waals surface area contributed by atoms with Crippen LogP contribution in [0.25, 0.3) is 0 Å². The lowest BCUT2D eigenvalue weighted by molar-refractivity contribution is -0.274. The zero-order valence-electron chi connectivity index (χ0n) is 20.2. The van der Waals surface area contributed by atoms with Gasteiger partial charge in [0.05, 0.1) is 31.3 Å². The van der Waals surface area contributed by atoms with Gasteiger partial charge in [-0.3, -0.25) is 9.29 Å². The van der Waals surface area contributed by atoms with Gasteiger partial charge in [0.1, 0.15) is 11.5 Å². The number of alkyl halides is 3. The molecule has 0 bridgehead atoms. The van der Waals surface area contributed by atoms with E-state index in [2.05, 4.69) is 26.3 Å². The Morgan fingerprint density at radius 1 is 1.08 bits per heavy atom. The largest absolute Gasteiger partial charge is 0.573 e. The fourth-order valence-corrected chi connectivity index (χ4v) is 6.59. The highest BCUT2D eigenvalue weighted by atomic mass is 32.2.